The first-order valence-corrected chi connectivity index (χ1v) is 7.49. The molecule has 2 heteroatoms. The lowest BCUT2D eigenvalue weighted by atomic mass is 10.1. The summed E-state index contributed by atoms with van der Waals surface area (Å²) >= 11 is 0. The number of esters is 1. The molecular weight excluding hydrogens is 260 g/mol. The molecule has 0 aliphatic heterocycles. The van der Waals surface area contributed by atoms with E-state index in [-0.39, 0.29) is 17.3 Å². The molecule has 0 aromatic heterocycles. The van der Waals surface area contributed by atoms with E-state index in [0.29, 0.717) is 12.5 Å². The predicted octanol–water partition coefficient (Wildman–Crippen LogP) is 4.31. The van der Waals surface area contributed by atoms with Crippen LogP contribution in [0.5, 0.6) is 0 Å². The Morgan fingerprint density at radius 2 is 1.90 bits per heavy atom. The van der Waals surface area contributed by atoms with Gasteiger partial charge in [-0.05, 0) is 35.8 Å². The molecular formula is C19H24O2. The average molecular weight is 284 g/mol. The summed E-state index contributed by atoms with van der Waals surface area (Å²) in [5.41, 5.74) is 2.27. The van der Waals surface area contributed by atoms with Gasteiger partial charge in [-0.15, -0.1) is 6.58 Å². The van der Waals surface area contributed by atoms with Crippen LogP contribution in [-0.4, -0.2) is 5.97 Å². The molecule has 0 amide bonds. The van der Waals surface area contributed by atoms with Gasteiger partial charge in [0.25, 0.3) is 0 Å². The van der Waals surface area contributed by atoms with Crippen molar-refractivity contribution >= 4 is 5.97 Å². The van der Waals surface area contributed by atoms with E-state index in [0.717, 1.165) is 12.0 Å². The van der Waals surface area contributed by atoms with E-state index in [1.54, 1.807) is 0 Å². The van der Waals surface area contributed by atoms with Gasteiger partial charge in [0, 0.05) is 0 Å². The minimum absolute atomic E-state index is 0.00580. The van der Waals surface area contributed by atoms with Gasteiger partial charge in [0.1, 0.15) is 6.61 Å². The number of benzene rings is 1. The van der Waals surface area contributed by atoms with Gasteiger partial charge in [-0.2, -0.15) is 0 Å². The average Bonchev–Trinajstić information content (AvgIpc) is 3.00. The third kappa shape index (κ3) is 3.44. The summed E-state index contributed by atoms with van der Waals surface area (Å²) in [5, 5.41) is 0. The van der Waals surface area contributed by atoms with Crippen molar-refractivity contribution in [3.05, 3.63) is 60.2 Å². The molecule has 1 aromatic carbocycles. The summed E-state index contributed by atoms with van der Waals surface area (Å²) in [6.07, 6.45) is 6.86. The zero-order valence-electron chi connectivity index (χ0n) is 13.1. The van der Waals surface area contributed by atoms with Crippen LogP contribution < -0.4 is 0 Å². The second kappa shape index (κ2) is 6.30. The highest BCUT2D eigenvalue weighted by atomic mass is 16.5. The lowest BCUT2D eigenvalue weighted by molar-refractivity contribution is -0.147. The van der Waals surface area contributed by atoms with Crippen molar-refractivity contribution in [2.75, 3.05) is 0 Å². The molecule has 0 radical (unpaired) electrons. The smallest absolute Gasteiger partial charge is 0.310 e. The van der Waals surface area contributed by atoms with Crippen molar-refractivity contribution in [3.63, 3.8) is 0 Å². The van der Waals surface area contributed by atoms with Gasteiger partial charge in [-0.25, -0.2) is 0 Å². The normalized spacial score (nSPS) is 23.0. The Morgan fingerprint density at radius 3 is 2.48 bits per heavy atom. The number of rotatable bonds is 6. The highest BCUT2D eigenvalue weighted by molar-refractivity contribution is 5.78. The quantitative estimate of drug-likeness (QED) is 0.575. The lowest BCUT2D eigenvalue weighted by Crippen LogP contribution is -2.10. The molecule has 2 nitrogen and oxygen atoms in total. The monoisotopic (exact) mass is 284 g/mol. The standard InChI is InChI=1S/C19H24O2/c1-5-7-14-9-11-15(12-10-14)13-21-18(20)17-16(8-6-2)19(17,3)4/h5-6,8-12,16-17H,1,7,13H2,2-4H3/b8-6+/t16-,17+/m1/s1. The maximum absolute atomic E-state index is 12.2. The third-order valence-corrected chi connectivity index (χ3v) is 4.35. The molecule has 1 saturated carbocycles. The fraction of sp³-hybridized carbons (Fsp3) is 0.421. The highest BCUT2D eigenvalue weighted by Gasteiger charge is 2.61. The Morgan fingerprint density at radius 1 is 1.29 bits per heavy atom. The zero-order chi connectivity index (χ0) is 15.5. The molecule has 0 spiro atoms. The van der Waals surface area contributed by atoms with Crippen molar-refractivity contribution < 1.29 is 9.53 Å². The Kier molecular flexibility index (Phi) is 4.66. The van der Waals surface area contributed by atoms with E-state index in [4.69, 9.17) is 4.74 Å². The molecule has 0 heterocycles. The minimum Gasteiger partial charge on any atom is -0.461 e. The molecule has 2 rings (SSSR count). The van der Waals surface area contributed by atoms with Gasteiger partial charge >= 0.3 is 5.97 Å². The van der Waals surface area contributed by atoms with Crippen LogP contribution in [0.3, 0.4) is 0 Å². The lowest BCUT2D eigenvalue weighted by Gasteiger charge is -2.06. The fourth-order valence-electron chi connectivity index (χ4n) is 2.88. The molecule has 0 saturated heterocycles. The van der Waals surface area contributed by atoms with Gasteiger partial charge in [-0.3, -0.25) is 4.79 Å². The van der Waals surface area contributed by atoms with Crippen LogP contribution in [0, 0.1) is 17.3 Å². The summed E-state index contributed by atoms with van der Waals surface area (Å²) in [4.78, 5) is 12.2. The molecule has 1 aliphatic rings. The van der Waals surface area contributed by atoms with Crippen LogP contribution in [0.4, 0.5) is 0 Å². The Bertz CT molecular complexity index is 537. The van der Waals surface area contributed by atoms with Gasteiger partial charge in [0.05, 0.1) is 5.92 Å². The van der Waals surface area contributed by atoms with Crippen LogP contribution in [0.2, 0.25) is 0 Å². The summed E-state index contributed by atoms with van der Waals surface area (Å²) in [5.74, 6) is 0.219. The molecule has 1 aromatic rings. The largest absolute Gasteiger partial charge is 0.461 e. The molecule has 112 valence electrons. The third-order valence-electron chi connectivity index (χ3n) is 4.35. The van der Waals surface area contributed by atoms with E-state index in [2.05, 4.69) is 38.6 Å². The molecule has 1 aliphatic carbocycles. The fourth-order valence-corrected chi connectivity index (χ4v) is 2.88. The van der Waals surface area contributed by atoms with Crippen molar-refractivity contribution in [3.8, 4) is 0 Å². The van der Waals surface area contributed by atoms with E-state index >= 15 is 0 Å². The van der Waals surface area contributed by atoms with Crippen LogP contribution in [0.25, 0.3) is 0 Å². The number of hydrogen-bond acceptors (Lipinski definition) is 2. The molecule has 0 unspecified atom stereocenters. The van der Waals surface area contributed by atoms with Gasteiger partial charge in [-0.1, -0.05) is 56.3 Å². The first-order chi connectivity index (χ1) is 10.0. The maximum atomic E-state index is 12.2. The second-order valence-corrected chi connectivity index (χ2v) is 6.27. The number of carbonyl (C=O) groups excluding carboxylic acids is 1. The summed E-state index contributed by atoms with van der Waals surface area (Å²) < 4.78 is 5.47. The van der Waals surface area contributed by atoms with Crippen molar-refractivity contribution in [2.24, 2.45) is 17.3 Å². The molecule has 2 atom stereocenters. The number of carbonyl (C=O) groups is 1. The van der Waals surface area contributed by atoms with Crippen LogP contribution >= 0.6 is 0 Å². The van der Waals surface area contributed by atoms with Crippen LogP contribution in [0.1, 0.15) is 31.9 Å². The van der Waals surface area contributed by atoms with Crippen molar-refractivity contribution in [2.45, 2.75) is 33.8 Å². The number of allylic oxidation sites excluding steroid dienone is 3. The van der Waals surface area contributed by atoms with Crippen molar-refractivity contribution in [1.29, 1.82) is 0 Å². The topological polar surface area (TPSA) is 26.3 Å². The predicted molar refractivity (Wildman–Crippen MR) is 85.7 cm³/mol. The molecule has 0 bridgehead atoms. The van der Waals surface area contributed by atoms with Crippen LogP contribution in [-0.2, 0) is 22.6 Å². The summed E-state index contributed by atoms with van der Waals surface area (Å²) in [6, 6.07) is 8.12. The van der Waals surface area contributed by atoms with Gasteiger partial charge in [0.15, 0.2) is 0 Å². The van der Waals surface area contributed by atoms with Gasteiger partial charge < -0.3 is 4.74 Å². The zero-order valence-corrected chi connectivity index (χ0v) is 13.1. The second-order valence-electron chi connectivity index (χ2n) is 6.27. The molecule has 0 N–H and O–H groups in total. The SMILES string of the molecule is C=CCc1ccc(COC(=O)[C@@H]2[C@@H](/C=C/C)C2(C)C)cc1. The van der Waals surface area contributed by atoms with E-state index in [1.165, 1.54) is 5.56 Å². The Labute approximate surface area is 127 Å². The number of ether oxygens (including phenoxy) is 1. The molecule has 21 heavy (non-hydrogen) atoms. The maximum Gasteiger partial charge on any atom is 0.310 e. The van der Waals surface area contributed by atoms with Gasteiger partial charge in [0.2, 0.25) is 0 Å². The number of hydrogen-bond donors (Lipinski definition) is 0. The van der Waals surface area contributed by atoms with Crippen molar-refractivity contribution in [1.82, 2.24) is 0 Å². The molecule has 1 fully saturated rings. The first kappa shape index (κ1) is 15.6. The minimum atomic E-state index is -0.0849. The summed E-state index contributed by atoms with van der Waals surface area (Å²) in [6.45, 7) is 10.3. The first-order valence-electron chi connectivity index (χ1n) is 7.49. The Hall–Kier alpha value is -1.83. The van der Waals surface area contributed by atoms with E-state index < -0.39 is 0 Å². The summed E-state index contributed by atoms with van der Waals surface area (Å²) in [7, 11) is 0. The van der Waals surface area contributed by atoms with E-state index in [1.807, 2.05) is 31.2 Å². The van der Waals surface area contributed by atoms with Crippen LogP contribution in [0.15, 0.2) is 49.1 Å². The highest BCUT2D eigenvalue weighted by Crippen LogP contribution is 2.59. The van der Waals surface area contributed by atoms with E-state index in [9.17, 15) is 4.79 Å². The Balaban J connectivity index is 1.88.